The molecule has 2 aromatic rings. The van der Waals surface area contributed by atoms with Gasteiger partial charge in [-0.25, -0.2) is 0 Å². The molecule has 2 rings (SSSR count). The number of aromatic amines is 1. The molecule has 1 unspecified atom stereocenters. The van der Waals surface area contributed by atoms with Crippen molar-refractivity contribution in [2.45, 2.75) is 19.9 Å². The van der Waals surface area contributed by atoms with Crippen molar-refractivity contribution in [3.8, 4) is 0 Å². The second kappa shape index (κ2) is 5.89. The molecule has 0 aliphatic heterocycles. The van der Waals surface area contributed by atoms with E-state index in [4.69, 9.17) is 5.73 Å². The summed E-state index contributed by atoms with van der Waals surface area (Å²) in [6.07, 6.45) is 1.87. The molecule has 0 bridgehead atoms. The van der Waals surface area contributed by atoms with Crippen LogP contribution in [0.25, 0.3) is 10.9 Å². The SMILES string of the molecule is CC(C)C(N)C(=O)Nc1ccc2[nH]ccc2c1.Cl. The maximum Gasteiger partial charge on any atom is 0.241 e. The lowest BCUT2D eigenvalue weighted by Crippen LogP contribution is -2.39. The number of rotatable bonds is 3. The first kappa shape index (κ1) is 14.5. The Morgan fingerprint density at radius 2 is 2.06 bits per heavy atom. The Bertz CT molecular complexity index is 536. The van der Waals surface area contributed by atoms with Crippen LogP contribution in [-0.4, -0.2) is 16.9 Å². The Morgan fingerprint density at radius 1 is 1.33 bits per heavy atom. The number of aromatic nitrogens is 1. The van der Waals surface area contributed by atoms with E-state index in [0.717, 1.165) is 16.6 Å². The third-order valence-corrected chi connectivity index (χ3v) is 2.84. The summed E-state index contributed by atoms with van der Waals surface area (Å²) in [4.78, 5) is 14.9. The van der Waals surface area contributed by atoms with Crippen molar-refractivity contribution in [2.75, 3.05) is 5.32 Å². The average molecular weight is 268 g/mol. The van der Waals surface area contributed by atoms with E-state index in [-0.39, 0.29) is 24.2 Å². The van der Waals surface area contributed by atoms with E-state index in [1.165, 1.54) is 0 Å². The molecule has 5 heteroatoms. The van der Waals surface area contributed by atoms with Gasteiger partial charge in [0.2, 0.25) is 5.91 Å². The predicted octanol–water partition coefficient (Wildman–Crippen LogP) is 2.51. The van der Waals surface area contributed by atoms with E-state index in [2.05, 4.69) is 10.3 Å². The second-order valence-electron chi connectivity index (χ2n) is 4.54. The van der Waals surface area contributed by atoms with Crippen LogP contribution in [0, 0.1) is 5.92 Å². The van der Waals surface area contributed by atoms with Crippen molar-refractivity contribution in [3.63, 3.8) is 0 Å². The van der Waals surface area contributed by atoms with E-state index in [9.17, 15) is 4.79 Å². The largest absolute Gasteiger partial charge is 0.361 e. The monoisotopic (exact) mass is 267 g/mol. The van der Waals surface area contributed by atoms with Crippen molar-refractivity contribution in [1.29, 1.82) is 0 Å². The number of halogens is 1. The number of H-pyrrole nitrogens is 1. The van der Waals surface area contributed by atoms with Gasteiger partial charge in [0.15, 0.2) is 0 Å². The molecule has 1 atom stereocenters. The highest BCUT2D eigenvalue weighted by Gasteiger charge is 2.17. The molecule has 1 heterocycles. The highest BCUT2D eigenvalue weighted by atomic mass is 35.5. The molecule has 18 heavy (non-hydrogen) atoms. The van der Waals surface area contributed by atoms with Crippen molar-refractivity contribution in [3.05, 3.63) is 30.5 Å². The normalized spacial score (nSPS) is 12.2. The van der Waals surface area contributed by atoms with E-state index < -0.39 is 6.04 Å². The molecule has 0 spiro atoms. The standard InChI is InChI=1S/C13H17N3O.ClH/c1-8(2)12(14)13(17)16-10-3-4-11-9(7-10)5-6-15-11;/h3-8,12,15H,14H2,1-2H3,(H,16,17);1H. The van der Waals surface area contributed by atoms with Crippen LogP contribution in [0.1, 0.15) is 13.8 Å². The molecule has 0 saturated carbocycles. The third-order valence-electron chi connectivity index (χ3n) is 2.84. The summed E-state index contributed by atoms with van der Waals surface area (Å²) in [6, 6.07) is 7.22. The fourth-order valence-corrected chi connectivity index (χ4v) is 1.66. The average Bonchev–Trinajstić information content (AvgIpc) is 2.74. The van der Waals surface area contributed by atoms with Crippen LogP contribution in [0.5, 0.6) is 0 Å². The van der Waals surface area contributed by atoms with Gasteiger partial charge < -0.3 is 16.0 Å². The van der Waals surface area contributed by atoms with Crippen molar-refractivity contribution >= 4 is 34.9 Å². The van der Waals surface area contributed by atoms with Gasteiger partial charge in [-0.1, -0.05) is 13.8 Å². The van der Waals surface area contributed by atoms with Gasteiger partial charge in [0, 0.05) is 22.8 Å². The van der Waals surface area contributed by atoms with E-state index >= 15 is 0 Å². The zero-order chi connectivity index (χ0) is 12.4. The number of benzene rings is 1. The Balaban J connectivity index is 0.00000162. The Kier molecular flexibility index (Phi) is 4.76. The van der Waals surface area contributed by atoms with Crippen LogP contribution in [-0.2, 0) is 4.79 Å². The smallest absolute Gasteiger partial charge is 0.241 e. The highest BCUT2D eigenvalue weighted by molar-refractivity contribution is 5.96. The van der Waals surface area contributed by atoms with Gasteiger partial charge in [0.05, 0.1) is 6.04 Å². The Morgan fingerprint density at radius 3 is 2.72 bits per heavy atom. The Labute approximate surface area is 112 Å². The van der Waals surface area contributed by atoms with Gasteiger partial charge in [0.25, 0.3) is 0 Å². The fraction of sp³-hybridized carbons (Fsp3) is 0.308. The number of nitrogens with two attached hydrogens (primary N) is 1. The van der Waals surface area contributed by atoms with Gasteiger partial charge in [0.1, 0.15) is 0 Å². The molecule has 1 amide bonds. The quantitative estimate of drug-likeness (QED) is 0.800. The number of carbonyl (C=O) groups excluding carboxylic acids is 1. The summed E-state index contributed by atoms with van der Waals surface area (Å²) in [6.45, 7) is 3.86. The second-order valence-corrected chi connectivity index (χ2v) is 4.54. The number of amides is 1. The molecular weight excluding hydrogens is 250 g/mol. The minimum absolute atomic E-state index is 0. The molecule has 0 aliphatic carbocycles. The van der Waals surface area contributed by atoms with Crippen LogP contribution in [0.3, 0.4) is 0 Å². The summed E-state index contributed by atoms with van der Waals surface area (Å²) < 4.78 is 0. The van der Waals surface area contributed by atoms with Gasteiger partial charge in [-0.15, -0.1) is 12.4 Å². The van der Waals surface area contributed by atoms with Crippen LogP contribution in [0.4, 0.5) is 5.69 Å². The maximum absolute atomic E-state index is 11.8. The zero-order valence-corrected chi connectivity index (χ0v) is 11.3. The van der Waals surface area contributed by atoms with E-state index in [1.807, 2.05) is 44.3 Å². The molecule has 0 aliphatic rings. The van der Waals surface area contributed by atoms with Crippen LogP contribution >= 0.6 is 12.4 Å². The first-order valence-electron chi connectivity index (χ1n) is 5.71. The van der Waals surface area contributed by atoms with Crippen LogP contribution in [0.15, 0.2) is 30.5 Å². The van der Waals surface area contributed by atoms with Crippen LogP contribution in [0.2, 0.25) is 0 Å². The van der Waals surface area contributed by atoms with Gasteiger partial charge in [-0.05, 0) is 30.2 Å². The molecule has 1 aromatic heterocycles. The highest BCUT2D eigenvalue weighted by Crippen LogP contribution is 2.18. The van der Waals surface area contributed by atoms with E-state index in [0.29, 0.717) is 0 Å². The number of fused-ring (bicyclic) bond motifs is 1. The molecule has 98 valence electrons. The summed E-state index contributed by atoms with van der Waals surface area (Å²) in [5.41, 5.74) is 7.61. The lowest BCUT2D eigenvalue weighted by molar-refractivity contribution is -0.118. The first-order valence-corrected chi connectivity index (χ1v) is 5.71. The maximum atomic E-state index is 11.8. The first-order chi connectivity index (χ1) is 8.08. The van der Waals surface area contributed by atoms with Gasteiger partial charge >= 0.3 is 0 Å². The number of hydrogen-bond acceptors (Lipinski definition) is 2. The molecular formula is C13H18ClN3O. The number of nitrogens with one attached hydrogen (secondary N) is 2. The summed E-state index contributed by atoms with van der Waals surface area (Å²) >= 11 is 0. The molecule has 4 nitrogen and oxygen atoms in total. The zero-order valence-electron chi connectivity index (χ0n) is 10.4. The molecule has 0 radical (unpaired) electrons. The minimum Gasteiger partial charge on any atom is -0.361 e. The minimum atomic E-state index is -0.475. The number of hydrogen-bond donors (Lipinski definition) is 3. The van der Waals surface area contributed by atoms with Crippen molar-refractivity contribution in [1.82, 2.24) is 4.98 Å². The van der Waals surface area contributed by atoms with Crippen molar-refractivity contribution < 1.29 is 4.79 Å². The molecule has 4 N–H and O–H groups in total. The lowest BCUT2D eigenvalue weighted by Gasteiger charge is -2.15. The Hall–Kier alpha value is -1.52. The lowest BCUT2D eigenvalue weighted by atomic mass is 10.0. The molecule has 0 fully saturated rings. The van der Waals surface area contributed by atoms with Crippen molar-refractivity contribution in [2.24, 2.45) is 11.7 Å². The van der Waals surface area contributed by atoms with Crippen LogP contribution < -0.4 is 11.1 Å². The fourth-order valence-electron chi connectivity index (χ4n) is 1.66. The van der Waals surface area contributed by atoms with Gasteiger partial charge in [-0.2, -0.15) is 0 Å². The summed E-state index contributed by atoms with van der Waals surface area (Å²) in [5, 5.41) is 3.90. The summed E-state index contributed by atoms with van der Waals surface area (Å²) in [7, 11) is 0. The van der Waals surface area contributed by atoms with Gasteiger partial charge in [-0.3, -0.25) is 4.79 Å². The third kappa shape index (κ3) is 3.03. The van der Waals surface area contributed by atoms with E-state index in [1.54, 1.807) is 0 Å². The molecule has 0 saturated heterocycles. The summed E-state index contributed by atoms with van der Waals surface area (Å²) in [5.74, 6) is -0.0131. The molecule has 1 aromatic carbocycles. The predicted molar refractivity (Wildman–Crippen MR) is 77.0 cm³/mol. The number of carbonyl (C=O) groups is 1. The topological polar surface area (TPSA) is 70.9 Å². The number of anilines is 1.